The summed E-state index contributed by atoms with van der Waals surface area (Å²) in [6, 6.07) is 0. The van der Waals surface area contributed by atoms with E-state index in [0.717, 1.165) is 148 Å². The summed E-state index contributed by atoms with van der Waals surface area (Å²) in [6.07, 6.45) is 102. The second-order valence-electron chi connectivity index (χ2n) is 23.4. The lowest BCUT2D eigenvalue weighted by Gasteiger charge is -2.28. The average molecular weight is 1240 g/mol. The van der Waals surface area contributed by atoms with Crippen molar-refractivity contribution in [2.75, 3.05) is 47.5 Å². The Hall–Kier alpha value is -4.89. The summed E-state index contributed by atoms with van der Waals surface area (Å²) in [4.78, 5) is 38.1. The van der Waals surface area contributed by atoms with Crippen LogP contribution >= 0.6 is 7.82 Å². The molecule has 0 rings (SSSR count). The van der Waals surface area contributed by atoms with Crippen LogP contribution in [-0.4, -0.2) is 70.0 Å². The van der Waals surface area contributed by atoms with Gasteiger partial charge in [0.05, 0.1) is 27.7 Å². The molecular weight excluding hydrogens is 1110 g/mol. The fourth-order valence-corrected chi connectivity index (χ4v) is 9.44. The number of unbranched alkanes of at least 4 members (excludes halogenated alkanes) is 17. The first kappa shape index (κ1) is 83.1. The van der Waals surface area contributed by atoms with Crippen molar-refractivity contribution in [1.82, 2.24) is 0 Å². The molecule has 0 heterocycles. The molecule has 0 aromatic heterocycles. The van der Waals surface area contributed by atoms with E-state index in [1.165, 1.54) is 57.8 Å². The number of phosphoric acid groups is 1. The van der Waals surface area contributed by atoms with Gasteiger partial charge in [0.2, 0.25) is 0 Å². The summed E-state index contributed by atoms with van der Waals surface area (Å²) in [5.74, 6) is -0.862. The van der Waals surface area contributed by atoms with Crippen LogP contribution in [0.3, 0.4) is 0 Å². The first-order valence-electron chi connectivity index (χ1n) is 34.5. The number of carbonyl (C=O) groups excluding carboxylic acids is 2. The van der Waals surface area contributed by atoms with Gasteiger partial charge >= 0.3 is 11.9 Å². The van der Waals surface area contributed by atoms with Crippen LogP contribution < -0.4 is 4.89 Å². The van der Waals surface area contributed by atoms with Crippen LogP contribution in [0.4, 0.5) is 0 Å². The molecule has 0 radical (unpaired) electrons. The van der Waals surface area contributed by atoms with Crippen molar-refractivity contribution in [2.45, 2.75) is 251 Å². The lowest BCUT2D eigenvalue weighted by molar-refractivity contribution is -0.870. The molecule has 2 unspecified atom stereocenters. The highest BCUT2D eigenvalue weighted by Gasteiger charge is 2.22. The molecule has 0 fully saturated rings. The third-order valence-electron chi connectivity index (χ3n) is 13.9. The molecule has 0 spiro atoms. The number of esters is 2. The predicted molar refractivity (Wildman–Crippen MR) is 378 cm³/mol. The molecule has 88 heavy (non-hydrogen) atoms. The standard InChI is InChI=1S/C78H126NO8P/c1-6-8-10-12-14-16-18-20-22-24-26-28-30-32-34-35-36-37-38-39-40-41-42-43-45-47-49-51-53-55-57-59-61-63-65-67-69-71-78(81)87-76(75-86-88(82,83)85-73-72-79(3,4)5)74-84-77(80)70-68-66-64-62-60-58-56-54-52-50-48-46-44-33-31-29-27-25-23-21-19-17-15-13-11-9-7-2/h8-11,14-17,20-23,26-29,32-34,36-37,39-40,42-44,47-50,76H,6-7,12-13,18-19,24-25,30-31,35,38,41,45-46,51-75H2,1-5H3/b10-8-,11-9-,16-14-,17-15-,22-20-,23-21-,28-26-,29-27-,34-32-,37-36-,40-39-,43-42-,44-33-,49-47-,50-48-. The molecule has 0 aromatic rings. The van der Waals surface area contributed by atoms with Gasteiger partial charge in [0.15, 0.2) is 6.10 Å². The Morgan fingerprint density at radius 2 is 0.614 bits per heavy atom. The molecule has 2 atom stereocenters. The topological polar surface area (TPSA) is 111 Å². The maximum atomic E-state index is 12.9. The Labute approximate surface area is 540 Å². The Morgan fingerprint density at radius 3 is 0.909 bits per heavy atom. The van der Waals surface area contributed by atoms with Gasteiger partial charge in [-0.25, -0.2) is 0 Å². The third kappa shape index (κ3) is 70.2. The molecule has 0 aliphatic heterocycles. The minimum absolute atomic E-state index is 0.0435. The number of likely N-dealkylation sites (N-methyl/N-ethyl adjacent to an activating group) is 1. The van der Waals surface area contributed by atoms with Crippen molar-refractivity contribution in [2.24, 2.45) is 0 Å². The van der Waals surface area contributed by atoms with Crippen molar-refractivity contribution in [3.8, 4) is 0 Å². The van der Waals surface area contributed by atoms with Crippen LogP contribution in [0.25, 0.3) is 0 Å². The highest BCUT2D eigenvalue weighted by molar-refractivity contribution is 7.45. The quantitative estimate of drug-likeness (QED) is 0.0195. The number of phosphoric ester groups is 1. The normalized spacial score (nSPS) is 14.3. The van der Waals surface area contributed by atoms with Crippen LogP contribution in [0.15, 0.2) is 182 Å². The van der Waals surface area contributed by atoms with Gasteiger partial charge in [-0.05, 0) is 135 Å². The molecule has 496 valence electrons. The maximum absolute atomic E-state index is 12.9. The van der Waals surface area contributed by atoms with Crippen LogP contribution in [0.1, 0.15) is 245 Å². The summed E-state index contributed by atoms with van der Waals surface area (Å²) >= 11 is 0. The molecule has 9 nitrogen and oxygen atoms in total. The number of rotatable bonds is 61. The van der Waals surface area contributed by atoms with E-state index in [1.54, 1.807) is 0 Å². The van der Waals surface area contributed by atoms with E-state index in [-0.39, 0.29) is 26.1 Å². The highest BCUT2D eigenvalue weighted by atomic mass is 31.2. The summed E-state index contributed by atoms with van der Waals surface area (Å²) in [6.45, 7) is 3.98. The second kappa shape index (κ2) is 66.5. The number of allylic oxidation sites excluding steroid dienone is 30. The predicted octanol–water partition coefficient (Wildman–Crippen LogP) is 22.1. The molecule has 0 aromatic carbocycles. The molecule has 0 saturated carbocycles. The maximum Gasteiger partial charge on any atom is 0.306 e. The lowest BCUT2D eigenvalue weighted by atomic mass is 10.1. The van der Waals surface area contributed by atoms with Crippen molar-refractivity contribution in [1.29, 1.82) is 0 Å². The molecule has 0 aliphatic rings. The lowest BCUT2D eigenvalue weighted by Crippen LogP contribution is -2.37. The molecule has 0 amide bonds. The van der Waals surface area contributed by atoms with Gasteiger partial charge in [-0.2, -0.15) is 0 Å². The number of nitrogens with zero attached hydrogens (tertiary/aromatic N) is 1. The fraction of sp³-hybridized carbons (Fsp3) is 0.590. The summed E-state index contributed by atoms with van der Waals surface area (Å²) in [5.41, 5.74) is 0. The molecule has 0 bridgehead atoms. The Bertz CT molecular complexity index is 2140. The number of carbonyl (C=O) groups is 2. The number of hydrogen-bond donors (Lipinski definition) is 0. The zero-order chi connectivity index (χ0) is 64.1. The number of quaternary nitrogens is 1. The van der Waals surface area contributed by atoms with Gasteiger partial charge in [-0.3, -0.25) is 14.2 Å². The Balaban J connectivity index is 4.17. The van der Waals surface area contributed by atoms with Crippen molar-refractivity contribution in [3.05, 3.63) is 182 Å². The minimum Gasteiger partial charge on any atom is -0.756 e. The van der Waals surface area contributed by atoms with Gasteiger partial charge < -0.3 is 27.9 Å². The first-order chi connectivity index (χ1) is 43.0. The monoisotopic (exact) mass is 1240 g/mol. The van der Waals surface area contributed by atoms with Gasteiger partial charge in [0.1, 0.15) is 19.8 Å². The largest absolute Gasteiger partial charge is 0.756 e. The van der Waals surface area contributed by atoms with Gasteiger partial charge in [0, 0.05) is 12.8 Å². The molecular formula is C78H126NO8P. The molecule has 0 N–H and O–H groups in total. The first-order valence-corrected chi connectivity index (χ1v) is 36.0. The zero-order valence-corrected chi connectivity index (χ0v) is 57.2. The third-order valence-corrected chi connectivity index (χ3v) is 14.9. The summed E-state index contributed by atoms with van der Waals surface area (Å²) < 4.78 is 34.3. The van der Waals surface area contributed by atoms with Gasteiger partial charge in [0.25, 0.3) is 7.82 Å². The zero-order valence-electron chi connectivity index (χ0n) is 56.3. The van der Waals surface area contributed by atoms with E-state index in [4.69, 9.17) is 18.5 Å². The number of hydrogen-bond acceptors (Lipinski definition) is 8. The Morgan fingerprint density at radius 1 is 0.352 bits per heavy atom. The van der Waals surface area contributed by atoms with Crippen LogP contribution in [0.2, 0.25) is 0 Å². The molecule has 0 saturated heterocycles. The van der Waals surface area contributed by atoms with E-state index in [9.17, 15) is 19.0 Å². The SMILES string of the molecule is CC/C=C\C/C=C\C/C=C\C/C=C\C/C=C\C/C=C\C/C=C\C/C=C\C/C=C\CCCCCCCCCCCC(=O)OC(COC(=O)CCCCCCCCCC/C=C\C/C=C\C/C=C\C/C=C\C/C=C\C/C=C\CC)COP(=O)([O-])OCC[N+](C)(C)C. The van der Waals surface area contributed by atoms with Crippen LogP contribution in [0.5, 0.6) is 0 Å². The van der Waals surface area contributed by atoms with E-state index in [2.05, 4.69) is 196 Å². The van der Waals surface area contributed by atoms with Crippen LogP contribution in [-0.2, 0) is 32.7 Å². The smallest absolute Gasteiger partial charge is 0.306 e. The van der Waals surface area contributed by atoms with Gasteiger partial charge in [-0.15, -0.1) is 0 Å². The van der Waals surface area contributed by atoms with E-state index in [1.807, 2.05) is 21.1 Å². The van der Waals surface area contributed by atoms with Crippen LogP contribution in [0, 0.1) is 0 Å². The Kier molecular flexibility index (Phi) is 62.8. The fourth-order valence-electron chi connectivity index (χ4n) is 8.71. The second-order valence-corrected chi connectivity index (χ2v) is 24.8. The van der Waals surface area contributed by atoms with Crippen molar-refractivity contribution < 1.29 is 42.1 Å². The molecule has 0 aliphatic carbocycles. The van der Waals surface area contributed by atoms with E-state index < -0.39 is 32.5 Å². The van der Waals surface area contributed by atoms with Gasteiger partial charge in [-0.1, -0.05) is 280 Å². The van der Waals surface area contributed by atoms with E-state index in [0.29, 0.717) is 23.9 Å². The highest BCUT2D eigenvalue weighted by Crippen LogP contribution is 2.38. The van der Waals surface area contributed by atoms with Crippen molar-refractivity contribution >= 4 is 19.8 Å². The molecule has 10 heteroatoms. The average Bonchev–Trinajstić information content (AvgIpc) is 3.68. The minimum atomic E-state index is -4.66. The summed E-state index contributed by atoms with van der Waals surface area (Å²) in [7, 11) is 1.13. The van der Waals surface area contributed by atoms with Crippen molar-refractivity contribution in [3.63, 3.8) is 0 Å². The van der Waals surface area contributed by atoms with E-state index >= 15 is 0 Å². The number of ether oxygens (including phenoxy) is 2. The summed E-state index contributed by atoms with van der Waals surface area (Å²) in [5, 5.41) is 0.